The summed E-state index contributed by atoms with van der Waals surface area (Å²) in [5.41, 5.74) is 2.55. The lowest BCUT2D eigenvalue weighted by Gasteiger charge is -2.35. The van der Waals surface area contributed by atoms with E-state index in [1.807, 2.05) is 0 Å². The summed E-state index contributed by atoms with van der Waals surface area (Å²) < 4.78 is 10.6. The van der Waals surface area contributed by atoms with Crippen LogP contribution in [-0.2, 0) is 22.6 Å². The first-order chi connectivity index (χ1) is 8.81. The van der Waals surface area contributed by atoms with E-state index in [0.717, 1.165) is 26.0 Å². The molecule has 0 unspecified atom stereocenters. The van der Waals surface area contributed by atoms with Gasteiger partial charge in [-0.15, -0.1) is 0 Å². The van der Waals surface area contributed by atoms with Gasteiger partial charge in [0.1, 0.15) is 0 Å². The van der Waals surface area contributed by atoms with Crippen molar-refractivity contribution in [3.05, 3.63) is 35.4 Å². The summed E-state index contributed by atoms with van der Waals surface area (Å²) in [6, 6.07) is 9.22. The molecule has 3 nitrogen and oxygen atoms in total. The normalized spacial score (nSPS) is 22.8. The van der Waals surface area contributed by atoms with Crippen molar-refractivity contribution < 1.29 is 9.47 Å². The summed E-state index contributed by atoms with van der Waals surface area (Å²) in [6.45, 7) is 4.52. The highest BCUT2D eigenvalue weighted by Gasteiger charge is 2.28. The fourth-order valence-electron chi connectivity index (χ4n) is 2.29. The van der Waals surface area contributed by atoms with Gasteiger partial charge < -0.3 is 14.8 Å². The van der Waals surface area contributed by atoms with E-state index in [1.165, 1.54) is 11.1 Å². The monoisotopic (exact) mass is 249 g/mol. The molecule has 1 saturated carbocycles. The van der Waals surface area contributed by atoms with Gasteiger partial charge in [-0.2, -0.15) is 0 Å². The van der Waals surface area contributed by atoms with Crippen molar-refractivity contribution in [3.63, 3.8) is 0 Å². The van der Waals surface area contributed by atoms with Crippen molar-refractivity contribution in [2.24, 2.45) is 0 Å². The first-order valence-corrected chi connectivity index (χ1v) is 6.73. The Balaban J connectivity index is 1.68. The first-order valence-electron chi connectivity index (χ1n) is 6.73. The molecular weight excluding hydrogens is 226 g/mol. The van der Waals surface area contributed by atoms with E-state index in [9.17, 15) is 0 Å². The predicted octanol–water partition coefficient (Wildman–Crippen LogP) is 2.49. The van der Waals surface area contributed by atoms with E-state index >= 15 is 0 Å². The molecule has 100 valence electrons. The number of rotatable bonds is 7. The number of methoxy groups -OCH3 is 1. The fraction of sp³-hybridized carbons (Fsp3) is 0.600. The van der Waals surface area contributed by atoms with Gasteiger partial charge in [-0.1, -0.05) is 24.3 Å². The number of nitrogens with one attached hydrogen (secondary N) is 1. The van der Waals surface area contributed by atoms with E-state index in [1.54, 1.807) is 7.11 Å². The van der Waals surface area contributed by atoms with Crippen LogP contribution in [0.1, 0.15) is 30.9 Å². The lowest BCUT2D eigenvalue weighted by molar-refractivity contribution is -0.0102. The molecule has 1 aliphatic rings. The van der Waals surface area contributed by atoms with Crippen LogP contribution in [0, 0.1) is 0 Å². The van der Waals surface area contributed by atoms with Crippen LogP contribution in [0.25, 0.3) is 0 Å². The molecule has 0 amide bonds. The second kappa shape index (κ2) is 6.88. The lowest BCUT2D eigenvalue weighted by atomic mass is 9.89. The highest BCUT2D eigenvalue weighted by Crippen LogP contribution is 2.23. The number of ether oxygens (including phenoxy) is 2. The molecule has 3 heteroatoms. The smallest absolute Gasteiger partial charge is 0.0713 e. The van der Waals surface area contributed by atoms with E-state index in [4.69, 9.17) is 9.47 Å². The van der Waals surface area contributed by atoms with E-state index < -0.39 is 0 Å². The molecule has 0 radical (unpaired) electrons. The maximum atomic E-state index is 5.55. The molecule has 18 heavy (non-hydrogen) atoms. The summed E-state index contributed by atoms with van der Waals surface area (Å²) in [6.07, 6.45) is 2.78. The van der Waals surface area contributed by atoms with Gasteiger partial charge in [0.15, 0.2) is 0 Å². The lowest BCUT2D eigenvalue weighted by Crippen LogP contribution is -2.45. The predicted molar refractivity (Wildman–Crippen MR) is 72.4 cm³/mol. The minimum Gasteiger partial charge on any atom is -0.380 e. The molecule has 0 spiro atoms. The summed E-state index contributed by atoms with van der Waals surface area (Å²) in [7, 11) is 1.72. The molecule has 0 saturated heterocycles. The van der Waals surface area contributed by atoms with Crippen molar-refractivity contribution in [3.8, 4) is 0 Å². The minimum atomic E-state index is 0.483. The topological polar surface area (TPSA) is 30.5 Å². The zero-order chi connectivity index (χ0) is 12.8. The molecule has 1 aliphatic carbocycles. The highest BCUT2D eigenvalue weighted by atomic mass is 16.5. The standard InChI is InChI=1S/C15H23NO2/c1-3-18-15-8-14(9-15)16-10-12-4-6-13(7-5-12)11-17-2/h4-7,14-16H,3,8-11H2,1-2H3. The fourth-order valence-corrected chi connectivity index (χ4v) is 2.29. The Labute approximate surface area is 109 Å². The van der Waals surface area contributed by atoms with Crippen LogP contribution in [0.5, 0.6) is 0 Å². The summed E-state index contributed by atoms with van der Waals surface area (Å²) in [5.74, 6) is 0. The molecule has 0 atom stereocenters. The SMILES string of the molecule is CCOC1CC(NCc2ccc(COC)cc2)C1. The molecule has 1 aromatic carbocycles. The Morgan fingerprint density at radius 3 is 2.44 bits per heavy atom. The van der Waals surface area contributed by atoms with Crippen LogP contribution in [0.15, 0.2) is 24.3 Å². The molecular formula is C15H23NO2. The van der Waals surface area contributed by atoms with Crippen molar-refractivity contribution >= 4 is 0 Å². The van der Waals surface area contributed by atoms with Gasteiger partial charge in [-0.3, -0.25) is 0 Å². The second-order valence-corrected chi connectivity index (χ2v) is 4.88. The maximum absolute atomic E-state index is 5.55. The molecule has 0 heterocycles. The van der Waals surface area contributed by atoms with Crippen LogP contribution in [0.4, 0.5) is 0 Å². The number of hydrogen-bond acceptors (Lipinski definition) is 3. The molecule has 1 fully saturated rings. The second-order valence-electron chi connectivity index (χ2n) is 4.88. The van der Waals surface area contributed by atoms with Crippen molar-refractivity contribution in [1.29, 1.82) is 0 Å². The maximum Gasteiger partial charge on any atom is 0.0713 e. The van der Waals surface area contributed by atoms with Crippen molar-refractivity contribution in [2.45, 2.75) is 45.1 Å². The van der Waals surface area contributed by atoms with Gasteiger partial charge in [-0.05, 0) is 30.9 Å². The molecule has 1 N–H and O–H groups in total. The van der Waals surface area contributed by atoms with Gasteiger partial charge in [0.25, 0.3) is 0 Å². The Bertz CT molecular complexity index is 344. The third-order valence-electron chi connectivity index (χ3n) is 3.43. The zero-order valence-corrected chi connectivity index (χ0v) is 11.3. The average molecular weight is 249 g/mol. The Hall–Kier alpha value is -0.900. The van der Waals surface area contributed by atoms with E-state index in [-0.39, 0.29) is 0 Å². The summed E-state index contributed by atoms with van der Waals surface area (Å²) >= 11 is 0. The Morgan fingerprint density at radius 2 is 1.83 bits per heavy atom. The van der Waals surface area contributed by atoms with Crippen LogP contribution in [0.3, 0.4) is 0 Å². The Morgan fingerprint density at radius 1 is 1.17 bits per heavy atom. The summed E-state index contributed by atoms with van der Waals surface area (Å²) in [4.78, 5) is 0. The van der Waals surface area contributed by atoms with Gasteiger partial charge in [0.05, 0.1) is 12.7 Å². The van der Waals surface area contributed by atoms with Crippen molar-refractivity contribution in [1.82, 2.24) is 5.32 Å². The van der Waals surface area contributed by atoms with Crippen LogP contribution < -0.4 is 5.32 Å². The van der Waals surface area contributed by atoms with Crippen molar-refractivity contribution in [2.75, 3.05) is 13.7 Å². The minimum absolute atomic E-state index is 0.483. The number of benzene rings is 1. The number of hydrogen-bond donors (Lipinski definition) is 1. The zero-order valence-electron chi connectivity index (χ0n) is 11.3. The van der Waals surface area contributed by atoms with Crippen LogP contribution in [-0.4, -0.2) is 25.9 Å². The highest BCUT2D eigenvalue weighted by molar-refractivity contribution is 5.22. The largest absolute Gasteiger partial charge is 0.380 e. The molecule has 0 aromatic heterocycles. The molecule has 1 aromatic rings. The van der Waals surface area contributed by atoms with Gasteiger partial charge in [-0.25, -0.2) is 0 Å². The third-order valence-corrected chi connectivity index (χ3v) is 3.43. The molecule has 0 aliphatic heterocycles. The van der Waals surface area contributed by atoms with Gasteiger partial charge in [0, 0.05) is 26.3 Å². The van der Waals surface area contributed by atoms with Crippen LogP contribution >= 0.6 is 0 Å². The Kier molecular flexibility index (Phi) is 5.17. The van der Waals surface area contributed by atoms with Crippen LogP contribution in [0.2, 0.25) is 0 Å². The van der Waals surface area contributed by atoms with E-state index in [0.29, 0.717) is 18.8 Å². The average Bonchev–Trinajstić information content (AvgIpc) is 2.34. The third kappa shape index (κ3) is 3.80. The van der Waals surface area contributed by atoms with Gasteiger partial charge >= 0.3 is 0 Å². The van der Waals surface area contributed by atoms with Gasteiger partial charge in [0.2, 0.25) is 0 Å². The first kappa shape index (κ1) is 13.5. The molecule has 0 bridgehead atoms. The summed E-state index contributed by atoms with van der Waals surface area (Å²) in [5, 5.41) is 3.56. The molecule has 2 rings (SSSR count). The van der Waals surface area contributed by atoms with E-state index in [2.05, 4.69) is 36.5 Å². The quantitative estimate of drug-likeness (QED) is 0.805.